The molecule has 0 aliphatic rings. The van der Waals surface area contributed by atoms with E-state index in [2.05, 4.69) is 5.32 Å². The number of rotatable bonds is 8. The molecule has 20 heavy (non-hydrogen) atoms. The monoisotopic (exact) mass is 300 g/mol. The van der Waals surface area contributed by atoms with E-state index in [0.29, 0.717) is 36.3 Å². The van der Waals surface area contributed by atoms with Gasteiger partial charge < -0.3 is 20.5 Å². The van der Waals surface area contributed by atoms with E-state index < -0.39 is 0 Å². The zero-order chi connectivity index (χ0) is 15.0. The van der Waals surface area contributed by atoms with Gasteiger partial charge in [0.1, 0.15) is 6.61 Å². The van der Waals surface area contributed by atoms with Crippen LogP contribution in [0.15, 0.2) is 18.2 Å². The third-order valence-corrected chi connectivity index (χ3v) is 3.00. The van der Waals surface area contributed by atoms with E-state index in [1.807, 2.05) is 6.92 Å². The minimum atomic E-state index is -0.273. The summed E-state index contributed by atoms with van der Waals surface area (Å²) in [6, 6.07) is 5.20. The summed E-state index contributed by atoms with van der Waals surface area (Å²) in [4.78, 5) is 11.9. The molecule has 1 atom stereocenters. The molecule has 1 aromatic rings. The van der Waals surface area contributed by atoms with E-state index in [1.165, 1.54) is 0 Å². The van der Waals surface area contributed by atoms with E-state index in [1.54, 1.807) is 25.1 Å². The number of carbonyl (C=O) groups excluding carboxylic acids is 1. The van der Waals surface area contributed by atoms with Crippen molar-refractivity contribution in [3.05, 3.63) is 23.2 Å². The first kappa shape index (κ1) is 16.8. The molecule has 112 valence electrons. The summed E-state index contributed by atoms with van der Waals surface area (Å²) >= 11 is 6.10. The van der Waals surface area contributed by atoms with Gasteiger partial charge in [0, 0.05) is 19.1 Å². The molecule has 1 amide bonds. The number of nitrogens with one attached hydrogen (secondary N) is 1. The number of benzene rings is 1. The summed E-state index contributed by atoms with van der Waals surface area (Å²) in [5.74, 6) is 0.0149. The van der Waals surface area contributed by atoms with Crippen molar-refractivity contribution in [1.29, 1.82) is 0 Å². The van der Waals surface area contributed by atoms with Crippen LogP contribution >= 0.6 is 11.6 Å². The van der Waals surface area contributed by atoms with Crippen LogP contribution in [0.4, 0.5) is 5.69 Å². The second-order valence-corrected chi connectivity index (χ2v) is 4.70. The molecule has 0 aromatic heterocycles. The first-order valence-electron chi connectivity index (χ1n) is 6.60. The molecular weight excluding hydrogens is 280 g/mol. The van der Waals surface area contributed by atoms with E-state index in [0.717, 1.165) is 0 Å². The minimum absolute atomic E-state index is 0.163. The number of nitrogens with two attached hydrogens (primary N) is 1. The van der Waals surface area contributed by atoms with E-state index in [9.17, 15) is 4.79 Å². The van der Waals surface area contributed by atoms with E-state index >= 15 is 0 Å². The van der Waals surface area contributed by atoms with Crippen molar-refractivity contribution in [2.45, 2.75) is 13.8 Å². The Labute approximate surface area is 124 Å². The Balaban J connectivity index is 2.74. The zero-order valence-electron chi connectivity index (χ0n) is 11.8. The maximum absolute atomic E-state index is 11.9. The first-order chi connectivity index (χ1) is 9.60. The maximum atomic E-state index is 11.9. The molecule has 1 aromatic carbocycles. The van der Waals surface area contributed by atoms with Crippen LogP contribution in [0.2, 0.25) is 5.02 Å². The molecule has 6 heteroatoms. The zero-order valence-corrected chi connectivity index (χ0v) is 12.6. The topological polar surface area (TPSA) is 73.6 Å². The lowest BCUT2D eigenvalue weighted by Crippen LogP contribution is -2.27. The number of halogens is 1. The molecule has 0 aliphatic heterocycles. The molecule has 0 saturated heterocycles. The van der Waals surface area contributed by atoms with Crippen LogP contribution in [0.3, 0.4) is 0 Å². The van der Waals surface area contributed by atoms with E-state index in [-0.39, 0.29) is 18.4 Å². The number of para-hydroxylation sites is 1. The Morgan fingerprint density at radius 3 is 2.85 bits per heavy atom. The smallest absolute Gasteiger partial charge is 0.228 e. The Morgan fingerprint density at radius 2 is 2.20 bits per heavy atom. The molecule has 0 heterocycles. The Hall–Kier alpha value is -1.30. The van der Waals surface area contributed by atoms with Gasteiger partial charge in [-0.25, -0.2) is 0 Å². The molecule has 0 spiro atoms. The minimum Gasteiger partial charge on any atom is -0.487 e. The SMILES string of the molecule is CCOCCOc1c(Cl)cccc1NC(=O)C(C)CN. The number of hydrogen-bond acceptors (Lipinski definition) is 4. The fraction of sp³-hybridized carbons (Fsp3) is 0.500. The lowest BCUT2D eigenvalue weighted by Gasteiger charge is -2.15. The van der Waals surface area contributed by atoms with Gasteiger partial charge >= 0.3 is 0 Å². The molecule has 1 rings (SSSR count). The molecular formula is C14H21ClN2O3. The van der Waals surface area contributed by atoms with Crippen LogP contribution in [-0.2, 0) is 9.53 Å². The van der Waals surface area contributed by atoms with Crippen LogP contribution in [0, 0.1) is 5.92 Å². The first-order valence-corrected chi connectivity index (χ1v) is 6.97. The van der Waals surface area contributed by atoms with E-state index in [4.69, 9.17) is 26.8 Å². The summed E-state index contributed by atoms with van der Waals surface area (Å²) in [7, 11) is 0. The summed E-state index contributed by atoms with van der Waals surface area (Å²) in [6.07, 6.45) is 0. The highest BCUT2D eigenvalue weighted by Gasteiger charge is 2.15. The average molecular weight is 301 g/mol. The van der Waals surface area contributed by atoms with Crippen molar-refractivity contribution in [2.75, 3.05) is 31.7 Å². The van der Waals surface area contributed by atoms with Crippen molar-refractivity contribution in [1.82, 2.24) is 0 Å². The standard InChI is InChI=1S/C14H21ClN2O3/c1-3-19-7-8-20-13-11(15)5-4-6-12(13)17-14(18)10(2)9-16/h4-6,10H,3,7-9,16H2,1-2H3,(H,17,18). The summed E-state index contributed by atoms with van der Waals surface area (Å²) in [6.45, 7) is 5.42. The van der Waals surface area contributed by atoms with Gasteiger partial charge in [-0.1, -0.05) is 24.6 Å². The van der Waals surface area contributed by atoms with Crippen LogP contribution in [0.5, 0.6) is 5.75 Å². The summed E-state index contributed by atoms with van der Waals surface area (Å²) < 4.78 is 10.8. The third kappa shape index (κ3) is 5.00. The van der Waals surface area contributed by atoms with Gasteiger partial charge in [0.25, 0.3) is 0 Å². The molecule has 0 bridgehead atoms. The van der Waals surface area contributed by atoms with Crippen molar-refractivity contribution in [2.24, 2.45) is 11.7 Å². The number of amides is 1. The second kappa shape index (κ2) is 8.79. The van der Waals surface area contributed by atoms with Gasteiger partial charge in [0.2, 0.25) is 5.91 Å². The van der Waals surface area contributed by atoms with Crippen molar-refractivity contribution < 1.29 is 14.3 Å². The lowest BCUT2D eigenvalue weighted by atomic mass is 10.1. The number of hydrogen-bond donors (Lipinski definition) is 2. The van der Waals surface area contributed by atoms with Gasteiger partial charge in [0.15, 0.2) is 5.75 Å². The quantitative estimate of drug-likeness (QED) is 0.722. The van der Waals surface area contributed by atoms with Crippen LogP contribution in [0.25, 0.3) is 0 Å². The van der Waals surface area contributed by atoms with Crippen LogP contribution < -0.4 is 15.8 Å². The average Bonchev–Trinajstić information content (AvgIpc) is 2.44. The number of carbonyl (C=O) groups is 1. The predicted octanol–water partition coefficient (Wildman–Crippen LogP) is 2.29. The highest BCUT2D eigenvalue weighted by molar-refractivity contribution is 6.32. The number of anilines is 1. The number of ether oxygens (including phenoxy) is 2. The van der Waals surface area contributed by atoms with Gasteiger partial charge in [-0.15, -0.1) is 0 Å². The molecule has 0 saturated carbocycles. The third-order valence-electron chi connectivity index (χ3n) is 2.70. The molecule has 0 radical (unpaired) electrons. The highest BCUT2D eigenvalue weighted by Crippen LogP contribution is 2.33. The lowest BCUT2D eigenvalue weighted by molar-refractivity contribution is -0.119. The summed E-state index contributed by atoms with van der Waals surface area (Å²) in [5.41, 5.74) is 6.01. The Bertz CT molecular complexity index is 440. The van der Waals surface area contributed by atoms with Gasteiger partial charge in [-0.3, -0.25) is 4.79 Å². The fourth-order valence-electron chi connectivity index (χ4n) is 1.46. The van der Waals surface area contributed by atoms with Crippen molar-refractivity contribution in [3.63, 3.8) is 0 Å². The summed E-state index contributed by atoms with van der Waals surface area (Å²) in [5, 5.41) is 3.22. The maximum Gasteiger partial charge on any atom is 0.228 e. The molecule has 1 unspecified atom stereocenters. The highest BCUT2D eigenvalue weighted by atomic mass is 35.5. The van der Waals surface area contributed by atoms with Crippen molar-refractivity contribution >= 4 is 23.2 Å². The largest absolute Gasteiger partial charge is 0.487 e. The predicted molar refractivity (Wildman–Crippen MR) is 80.3 cm³/mol. The van der Waals surface area contributed by atoms with Crippen LogP contribution in [0.1, 0.15) is 13.8 Å². The van der Waals surface area contributed by atoms with Crippen molar-refractivity contribution in [3.8, 4) is 5.75 Å². The molecule has 0 aliphatic carbocycles. The van der Waals surface area contributed by atoms with Gasteiger partial charge in [0.05, 0.1) is 17.3 Å². The van der Waals surface area contributed by atoms with Crippen LogP contribution in [-0.4, -0.2) is 32.3 Å². The molecule has 0 fully saturated rings. The Morgan fingerprint density at radius 1 is 1.45 bits per heavy atom. The second-order valence-electron chi connectivity index (χ2n) is 4.29. The molecule has 5 nitrogen and oxygen atoms in total. The fourth-order valence-corrected chi connectivity index (χ4v) is 1.69. The van der Waals surface area contributed by atoms with Gasteiger partial charge in [-0.05, 0) is 19.1 Å². The Kier molecular flexibility index (Phi) is 7.36. The van der Waals surface area contributed by atoms with Gasteiger partial charge in [-0.2, -0.15) is 0 Å². The normalized spacial score (nSPS) is 12.0. The molecule has 3 N–H and O–H groups in total.